The number of nitrogens with one attached hydrogen (secondary N) is 1. The molecule has 1 aliphatic heterocycles. The SMILES string of the molecule is CCC(C)(C)CN1CNC2(CC2)C1=O. The van der Waals surface area contributed by atoms with Crippen molar-refractivity contribution in [3.05, 3.63) is 0 Å². The number of hydrogen-bond donors (Lipinski definition) is 1. The van der Waals surface area contributed by atoms with Crippen molar-refractivity contribution in [2.24, 2.45) is 5.41 Å². The molecule has 0 bridgehead atoms. The van der Waals surface area contributed by atoms with E-state index in [4.69, 9.17) is 0 Å². The zero-order chi connectivity index (χ0) is 10.4. The fourth-order valence-corrected chi connectivity index (χ4v) is 1.97. The van der Waals surface area contributed by atoms with Gasteiger partial charge in [0.15, 0.2) is 0 Å². The second-order valence-electron chi connectivity index (χ2n) is 5.44. The lowest BCUT2D eigenvalue weighted by Crippen LogP contribution is -2.37. The van der Waals surface area contributed by atoms with Crippen molar-refractivity contribution in [2.75, 3.05) is 13.2 Å². The molecule has 80 valence electrons. The van der Waals surface area contributed by atoms with E-state index in [1.165, 1.54) is 0 Å². The van der Waals surface area contributed by atoms with Crippen LogP contribution in [0.2, 0.25) is 0 Å². The summed E-state index contributed by atoms with van der Waals surface area (Å²) in [6.45, 7) is 8.26. The Balaban J connectivity index is 1.97. The van der Waals surface area contributed by atoms with Crippen LogP contribution >= 0.6 is 0 Å². The topological polar surface area (TPSA) is 32.3 Å². The quantitative estimate of drug-likeness (QED) is 0.739. The summed E-state index contributed by atoms with van der Waals surface area (Å²) in [5, 5.41) is 3.33. The summed E-state index contributed by atoms with van der Waals surface area (Å²) in [6, 6.07) is 0. The molecule has 3 heteroatoms. The van der Waals surface area contributed by atoms with E-state index in [9.17, 15) is 4.79 Å². The van der Waals surface area contributed by atoms with Gasteiger partial charge in [0, 0.05) is 6.54 Å². The summed E-state index contributed by atoms with van der Waals surface area (Å²) in [6.07, 6.45) is 3.19. The number of carbonyl (C=O) groups is 1. The van der Waals surface area contributed by atoms with Crippen LogP contribution in [0.15, 0.2) is 0 Å². The molecule has 3 nitrogen and oxygen atoms in total. The molecule has 1 aliphatic carbocycles. The van der Waals surface area contributed by atoms with Crippen LogP contribution < -0.4 is 5.32 Å². The first-order valence-electron chi connectivity index (χ1n) is 5.54. The molecule has 14 heavy (non-hydrogen) atoms. The lowest BCUT2D eigenvalue weighted by Gasteiger charge is -2.28. The van der Waals surface area contributed by atoms with Gasteiger partial charge in [0.05, 0.1) is 12.2 Å². The van der Waals surface area contributed by atoms with Crippen molar-refractivity contribution in [3.63, 3.8) is 0 Å². The van der Waals surface area contributed by atoms with Gasteiger partial charge in [-0.05, 0) is 24.7 Å². The molecule has 1 saturated heterocycles. The minimum absolute atomic E-state index is 0.121. The second-order valence-corrected chi connectivity index (χ2v) is 5.44. The molecule has 1 heterocycles. The number of carbonyl (C=O) groups excluding carboxylic acids is 1. The molecule has 0 aromatic carbocycles. The predicted octanol–water partition coefficient (Wildman–Crippen LogP) is 1.34. The third kappa shape index (κ3) is 1.54. The maximum atomic E-state index is 11.9. The van der Waals surface area contributed by atoms with E-state index in [2.05, 4.69) is 26.1 Å². The molecule has 1 amide bonds. The fourth-order valence-electron chi connectivity index (χ4n) is 1.97. The second kappa shape index (κ2) is 2.96. The lowest BCUT2D eigenvalue weighted by atomic mass is 9.90. The zero-order valence-corrected chi connectivity index (χ0v) is 9.39. The maximum Gasteiger partial charge on any atom is 0.243 e. The standard InChI is InChI=1S/C11H20N2O/c1-4-10(2,3)7-13-8-12-11(5-6-11)9(13)14/h12H,4-8H2,1-3H3. The Hall–Kier alpha value is -0.570. The Morgan fingerprint density at radius 3 is 2.57 bits per heavy atom. The van der Waals surface area contributed by atoms with E-state index < -0.39 is 0 Å². The third-order valence-electron chi connectivity index (χ3n) is 3.63. The Labute approximate surface area is 85.8 Å². The van der Waals surface area contributed by atoms with Crippen molar-refractivity contribution in [1.82, 2.24) is 10.2 Å². The van der Waals surface area contributed by atoms with Crippen LogP contribution in [-0.2, 0) is 4.79 Å². The highest BCUT2D eigenvalue weighted by atomic mass is 16.2. The molecular formula is C11H20N2O. The van der Waals surface area contributed by atoms with Crippen molar-refractivity contribution in [1.29, 1.82) is 0 Å². The van der Waals surface area contributed by atoms with E-state index in [1.54, 1.807) is 0 Å². The van der Waals surface area contributed by atoms with Gasteiger partial charge in [-0.3, -0.25) is 10.1 Å². The first-order chi connectivity index (χ1) is 6.49. The predicted molar refractivity (Wildman–Crippen MR) is 55.8 cm³/mol. The lowest BCUT2D eigenvalue weighted by molar-refractivity contribution is -0.130. The van der Waals surface area contributed by atoms with Crippen molar-refractivity contribution in [3.8, 4) is 0 Å². The van der Waals surface area contributed by atoms with Crippen molar-refractivity contribution < 1.29 is 4.79 Å². The molecule has 0 aromatic heterocycles. The molecule has 1 spiro atoms. The van der Waals surface area contributed by atoms with Gasteiger partial charge in [-0.25, -0.2) is 0 Å². The molecule has 2 fully saturated rings. The van der Waals surface area contributed by atoms with E-state index in [1.807, 2.05) is 4.90 Å². The average Bonchev–Trinajstić information content (AvgIpc) is 2.86. The summed E-state index contributed by atoms with van der Waals surface area (Å²) < 4.78 is 0. The van der Waals surface area contributed by atoms with Gasteiger partial charge < -0.3 is 4.90 Å². The molecule has 0 radical (unpaired) electrons. The van der Waals surface area contributed by atoms with Gasteiger partial charge in [0.25, 0.3) is 0 Å². The summed E-state index contributed by atoms with van der Waals surface area (Å²) in [4.78, 5) is 13.9. The monoisotopic (exact) mass is 196 g/mol. The molecule has 0 atom stereocenters. The van der Waals surface area contributed by atoms with E-state index >= 15 is 0 Å². The Bertz CT molecular complexity index is 256. The summed E-state index contributed by atoms with van der Waals surface area (Å²) in [7, 11) is 0. The van der Waals surface area contributed by atoms with E-state index in [0.29, 0.717) is 5.91 Å². The summed E-state index contributed by atoms with van der Waals surface area (Å²) in [5.74, 6) is 0.332. The average molecular weight is 196 g/mol. The van der Waals surface area contributed by atoms with Gasteiger partial charge in [0.2, 0.25) is 5.91 Å². The number of nitrogens with zero attached hydrogens (tertiary/aromatic N) is 1. The van der Waals surface area contributed by atoms with Gasteiger partial charge in [-0.1, -0.05) is 20.8 Å². The first kappa shape index (κ1) is 9.97. The zero-order valence-electron chi connectivity index (χ0n) is 9.39. The summed E-state index contributed by atoms with van der Waals surface area (Å²) >= 11 is 0. The Morgan fingerprint density at radius 2 is 2.14 bits per heavy atom. The normalized spacial score (nSPS) is 24.8. The first-order valence-corrected chi connectivity index (χ1v) is 5.54. The highest BCUT2D eigenvalue weighted by molar-refractivity contribution is 5.91. The highest BCUT2D eigenvalue weighted by Gasteiger charge is 2.55. The van der Waals surface area contributed by atoms with Crippen molar-refractivity contribution in [2.45, 2.75) is 45.6 Å². The molecule has 0 aromatic rings. The smallest absolute Gasteiger partial charge is 0.243 e. The molecule has 1 N–H and O–H groups in total. The van der Waals surface area contributed by atoms with E-state index in [-0.39, 0.29) is 11.0 Å². The van der Waals surface area contributed by atoms with E-state index in [0.717, 1.165) is 32.5 Å². The minimum atomic E-state index is -0.121. The maximum absolute atomic E-state index is 11.9. The largest absolute Gasteiger partial charge is 0.328 e. The Kier molecular flexibility index (Phi) is 2.11. The number of amides is 1. The molecule has 0 unspecified atom stereocenters. The van der Waals surface area contributed by atoms with Crippen LogP contribution in [0.25, 0.3) is 0 Å². The summed E-state index contributed by atoms with van der Waals surface area (Å²) in [5.41, 5.74) is 0.127. The molecule has 2 aliphatic rings. The van der Waals surface area contributed by atoms with Crippen molar-refractivity contribution >= 4 is 5.91 Å². The Morgan fingerprint density at radius 1 is 1.50 bits per heavy atom. The van der Waals surface area contributed by atoms with Crippen LogP contribution in [-0.4, -0.2) is 29.6 Å². The van der Waals surface area contributed by atoms with Crippen LogP contribution in [0, 0.1) is 5.41 Å². The molecule has 2 rings (SSSR count). The van der Waals surface area contributed by atoms with Crippen LogP contribution in [0.3, 0.4) is 0 Å². The van der Waals surface area contributed by atoms with Gasteiger partial charge in [-0.15, -0.1) is 0 Å². The van der Waals surface area contributed by atoms with Gasteiger partial charge in [0.1, 0.15) is 0 Å². The fraction of sp³-hybridized carbons (Fsp3) is 0.909. The third-order valence-corrected chi connectivity index (χ3v) is 3.63. The van der Waals surface area contributed by atoms with Gasteiger partial charge >= 0.3 is 0 Å². The van der Waals surface area contributed by atoms with Gasteiger partial charge in [-0.2, -0.15) is 0 Å². The minimum Gasteiger partial charge on any atom is -0.328 e. The van der Waals surface area contributed by atoms with Crippen LogP contribution in [0.4, 0.5) is 0 Å². The molecular weight excluding hydrogens is 176 g/mol. The highest BCUT2D eigenvalue weighted by Crippen LogP contribution is 2.40. The molecule has 1 saturated carbocycles. The van der Waals surface area contributed by atoms with Crippen LogP contribution in [0.5, 0.6) is 0 Å². The number of rotatable bonds is 3. The number of hydrogen-bond acceptors (Lipinski definition) is 2. The van der Waals surface area contributed by atoms with Crippen LogP contribution in [0.1, 0.15) is 40.0 Å².